The number of rotatable bonds is 6. The Morgan fingerprint density at radius 3 is 2.33 bits per heavy atom. The number of aromatic nitrogens is 2. The lowest BCUT2D eigenvalue weighted by Crippen LogP contribution is -2.38. The number of nitrogens with two attached hydrogens (primary N) is 1. The number of nitrogens with zero attached hydrogens (tertiary/aromatic N) is 3. The maximum atomic E-state index is 11.6. The van der Waals surface area contributed by atoms with E-state index in [0.717, 1.165) is 51.4 Å². The van der Waals surface area contributed by atoms with Crippen LogP contribution in [0, 0.1) is 0 Å². The summed E-state index contributed by atoms with van der Waals surface area (Å²) in [6.07, 6.45) is 7.54. The van der Waals surface area contributed by atoms with Gasteiger partial charge in [-0.25, -0.2) is 9.97 Å². The van der Waals surface area contributed by atoms with Crippen LogP contribution >= 0.6 is 0 Å². The molecule has 0 unspecified atom stereocenters. The van der Waals surface area contributed by atoms with Gasteiger partial charge in [0.1, 0.15) is 5.82 Å². The molecule has 142 valence electrons. The molecule has 1 aromatic heterocycles. The number of hydrogen-bond donors (Lipinski definition) is 1. The molecule has 2 fully saturated rings. The zero-order valence-electron chi connectivity index (χ0n) is 15.6. The Morgan fingerprint density at radius 1 is 1.11 bits per heavy atom. The van der Waals surface area contributed by atoms with Crippen LogP contribution in [-0.2, 0) is 16.6 Å². The van der Waals surface area contributed by atoms with E-state index in [1.807, 2.05) is 0 Å². The van der Waals surface area contributed by atoms with E-state index in [1.165, 1.54) is 17.7 Å². The van der Waals surface area contributed by atoms with Gasteiger partial charge in [0.2, 0.25) is 0 Å². The van der Waals surface area contributed by atoms with Gasteiger partial charge in [-0.3, -0.25) is 4.79 Å². The summed E-state index contributed by atoms with van der Waals surface area (Å²) in [6, 6.07) is 8.97. The second kappa shape index (κ2) is 7.74. The Morgan fingerprint density at radius 2 is 1.78 bits per heavy atom. The normalized spacial score (nSPS) is 18.8. The van der Waals surface area contributed by atoms with Crippen molar-refractivity contribution in [2.75, 3.05) is 37.7 Å². The predicted molar refractivity (Wildman–Crippen MR) is 104 cm³/mol. The first kappa shape index (κ1) is 18.1. The van der Waals surface area contributed by atoms with Gasteiger partial charge in [-0.05, 0) is 30.5 Å². The quantitative estimate of drug-likeness (QED) is 0.789. The molecule has 0 radical (unpaired) electrons. The van der Waals surface area contributed by atoms with Crippen molar-refractivity contribution in [3.05, 3.63) is 53.6 Å². The number of Topliss-reactive ketones (excluding diaryl/α,β-unsaturated/α-hetero) is 1. The van der Waals surface area contributed by atoms with Gasteiger partial charge in [0.15, 0.2) is 5.78 Å². The molecule has 1 aliphatic carbocycles. The second-order valence-electron chi connectivity index (χ2n) is 7.47. The van der Waals surface area contributed by atoms with Crippen molar-refractivity contribution in [2.45, 2.75) is 31.1 Å². The van der Waals surface area contributed by atoms with Gasteiger partial charge in [0, 0.05) is 43.0 Å². The number of ketones is 1. The molecule has 2 aromatic rings. The molecule has 0 atom stereocenters. The summed E-state index contributed by atoms with van der Waals surface area (Å²) >= 11 is 0. The minimum atomic E-state index is -0.126. The third-order valence-corrected chi connectivity index (χ3v) is 5.88. The molecule has 6 heteroatoms. The molecule has 0 amide bonds. The first-order valence-corrected chi connectivity index (χ1v) is 9.68. The molecule has 2 aliphatic rings. The lowest BCUT2D eigenvalue weighted by molar-refractivity contribution is 0.100. The van der Waals surface area contributed by atoms with Crippen LogP contribution in [0.4, 0.5) is 5.69 Å². The summed E-state index contributed by atoms with van der Waals surface area (Å²) in [5, 5.41) is 0. The predicted octanol–water partition coefficient (Wildman–Crippen LogP) is 2.12. The highest BCUT2D eigenvalue weighted by atomic mass is 16.5. The molecule has 1 aromatic carbocycles. The van der Waals surface area contributed by atoms with E-state index in [9.17, 15) is 4.79 Å². The highest BCUT2D eigenvalue weighted by molar-refractivity contribution is 5.96. The molecule has 27 heavy (non-hydrogen) atoms. The topological polar surface area (TPSA) is 81.3 Å². The van der Waals surface area contributed by atoms with Crippen molar-refractivity contribution in [3.63, 3.8) is 0 Å². The Bertz CT molecular complexity index is 779. The number of ether oxygens (including phenoxy) is 1. The average molecular weight is 366 g/mol. The summed E-state index contributed by atoms with van der Waals surface area (Å²) < 4.78 is 5.44. The maximum absolute atomic E-state index is 11.6. The SMILES string of the molecule is NCC(=O)c1cnc(CC2(c3ccc(N4CCOCC4)cc3)CCC2)nc1. The van der Waals surface area contributed by atoms with Crippen LogP contribution in [0.3, 0.4) is 0 Å². The Labute approximate surface area is 159 Å². The van der Waals surface area contributed by atoms with E-state index >= 15 is 0 Å². The number of anilines is 1. The number of carbonyl (C=O) groups is 1. The summed E-state index contributed by atoms with van der Waals surface area (Å²) in [4.78, 5) is 22.9. The summed E-state index contributed by atoms with van der Waals surface area (Å²) in [5.74, 6) is 0.666. The molecular weight excluding hydrogens is 340 g/mol. The third kappa shape index (κ3) is 3.73. The molecular formula is C21H26N4O2. The number of benzene rings is 1. The first-order valence-electron chi connectivity index (χ1n) is 9.68. The molecule has 2 N–H and O–H groups in total. The Balaban J connectivity index is 1.49. The van der Waals surface area contributed by atoms with Crippen molar-refractivity contribution in [3.8, 4) is 0 Å². The van der Waals surface area contributed by atoms with Crippen molar-refractivity contribution < 1.29 is 9.53 Å². The van der Waals surface area contributed by atoms with Crippen LogP contribution in [0.25, 0.3) is 0 Å². The Kier molecular flexibility index (Phi) is 5.18. The second-order valence-corrected chi connectivity index (χ2v) is 7.47. The van der Waals surface area contributed by atoms with E-state index in [2.05, 4.69) is 39.1 Å². The smallest absolute Gasteiger partial charge is 0.179 e. The highest BCUT2D eigenvalue weighted by Gasteiger charge is 2.39. The standard InChI is InChI=1S/C21H26N4O2/c22-13-19(26)16-14-23-20(24-15-16)12-21(6-1-7-21)17-2-4-18(5-3-17)25-8-10-27-11-9-25/h2-5,14-15H,1,6-13,22H2. The monoisotopic (exact) mass is 366 g/mol. The minimum absolute atomic E-state index is 0.0118. The average Bonchev–Trinajstić information content (AvgIpc) is 2.71. The van der Waals surface area contributed by atoms with Crippen LogP contribution in [0.2, 0.25) is 0 Å². The van der Waals surface area contributed by atoms with Gasteiger partial charge >= 0.3 is 0 Å². The fourth-order valence-electron chi connectivity index (χ4n) is 4.03. The summed E-state index contributed by atoms with van der Waals surface area (Å²) in [5.41, 5.74) is 8.62. The maximum Gasteiger partial charge on any atom is 0.179 e. The lowest BCUT2D eigenvalue weighted by Gasteiger charge is -2.42. The van der Waals surface area contributed by atoms with Crippen molar-refractivity contribution in [1.29, 1.82) is 0 Å². The zero-order valence-corrected chi connectivity index (χ0v) is 15.6. The fourth-order valence-corrected chi connectivity index (χ4v) is 4.03. The number of hydrogen-bond acceptors (Lipinski definition) is 6. The van der Waals surface area contributed by atoms with Crippen molar-refractivity contribution >= 4 is 11.5 Å². The van der Waals surface area contributed by atoms with E-state index in [1.54, 1.807) is 12.4 Å². The van der Waals surface area contributed by atoms with Gasteiger partial charge in [0.05, 0.1) is 25.3 Å². The largest absolute Gasteiger partial charge is 0.378 e. The summed E-state index contributed by atoms with van der Waals surface area (Å²) in [7, 11) is 0. The summed E-state index contributed by atoms with van der Waals surface area (Å²) in [6.45, 7) is 3.48. The fraction of sp³-hybridized carbons (Fsp3) is 0.476. The lowest BCUT2D eigenvalue weighted by atomic mass is 9.62. The molecule has 0 spiro atoms. The molecule has 2 heterocycles. The van der Waals surface area contributed by atoms with E-state index in [0.29, 0.717) is 5.56 Å². The van der Waals surface area contributed by atoms with Crippen LogP contribution < -0.4 is 10.6 Å². The minimum Gasteiger partial charge on any atom is -0.378 e. The van der Waals surface area contributed by atoms with Crippen LogP contribution in [0.1, 0.15) is 41.0 Å². The van der Waals surface area contributed by atoms with Crippen molar-refractivity contribution in [1.82, 2.24) is 9.97 Å². The Hall–Kier alpha value is -2.31. The molecule has 1 saturated carbocycles. The number of morpholine rings is 1. The highest BCUT2D eigenvalue weighted by Crippen LogP contribution is 2.46. The number of carbonyl (C=O) groups excluding carboxylic acids is 1. The van der Waals surface area contributed by atoms with Gasteiger partial charge in [-0.1, -0.05) is 18.6 Å². The first-order chi connectivity index (χ1) is 13.2. The zero-order chi connectivity index (χ0) is 18.7. The third-order valence-electron chi connectivity index (χ3n) is 5.88. The van der Waals surface area contributed by atoms with Gasteiger partial charge < -0.3 is 15.4 Å². The van der Waals surface area contributed by atoms with Crippen LogP contribution in [-0.4, -0.2) is 48.6 Å². The molecule has 1 aliphatic heterocycles. The van der Waals surface area contributed by atoms with Crippen LogP contribution in [0.15, 0.2) is 36.7 Å². The molecule has 6 nitrogen and oxygen atoms in total. The van der Waals surface area contributed by atoms with Gasteiger partial charge in [-0.2, -0.15) is 0 Å². The van der Waals surface area contributed by atoms with E-state index in [-0.39, 0.29) is 17.7 Å². The molecule has 4 rings (SSSR count). The van der Waals surface area contributed by atoms with Gasteiger partial charge in [0.25, 0.3) is 0 Å². The van der Waals surface area contributed by atoms with E-state index in [4.69, 9.17) is 10.5 Å². The van der Waals surface area contributed by atoms with Crippen LogP contribution in [0.5, 0.6) is 0 Å². The molecule has 0 bridgehead atoms. The molecule has 1 saturated heterocycles. The van der Waals surface area contributed by atoms with E-state index < -0.39 is 0 Å². The van der Waals surface area contributed by atoms with Crippen molar-refractivity contribution in [2.24, 2.45) is 5.73 Å². The van der Waals surface area contributed by atoms with Gasteiger partial charge in [-0.15, -0.1) is 0 Å².